The average Bonchev–Trinajstić information content (AvgIpc) is 3.14. The number of nitrogens with zero attached hydrogens (tertiary/aromatic N) is 2. The molecule has 6 rings (SSSR count). The van der Waals surface area contributed by atoms with Gasteiger partial charge in [-0.15, -0.1) is 12.6 Å². The highest BCUT2D eigenvalue weighted by Crippen LogP contribution is 2.42. The van der Waals surface area contributed by atoms with Gasteiger partial charge in [-0.25, -0.2) is 0 Å². The van der Waals surface area contributed by atoms with Crippen LogP contribution in [-0.4, -0.2) is 28.4 Å². The van der Waals surface area contributed by atoms with E-state index < -0.39 is 0 Å². The SMILES string of the molecule is COc1ccc(N(c2ccc(OC)cc2)c2cccc(-c3cc(N(c4ccc(OC)cc4)c4ccc(OC)cc4)ccc3S)c2)cc1. The molecule has 236 valence electrons. The number of ether oxygens (including phenoxy) is 4. The second-order valence-electron chi connectivity index (χ2n) is 10.7. The van der Waals surface area contributed by atoms with Crippen molar-refractivity contribution in [3.05, 3.63) is 140 Å². The van der Waals surface area contributed by atoms with Crippen molar-refractivity contribution < 1.29 is 18.9 Å². The van der Waals surface area contributed by atoms with Gasteiger partial charge in [0.15, 0.2) is 0 Å². The summed E-state index contributed by atoms with van der Waals surface area (Å²) in [7, 11) is 6.69. The van der Waals surface area contributed by atoms with E-state index >= 15 is 0 Å². The van der Waals surface area contributed by atoms with E-state index in [0.29, 0.717) is 0 Å². The van der Waals surface area contributed by atoms with Gasteiger partial charge in [-0.05, 0) is 139 Å². The summed E-state index contributed by atoms with van der Waals surface area (Å²) in [5.41, 5.74) is 8.01. The molecule has 0 unspecified atom stereocenters. The molecule has 0 aliphatic heterocycles. The van der Waals surface area contributed by atoms with Crippen molar-refractivity contribution in [1.82, 2.24) is 0 Å². The minimum atomic E-state index is 0.796. The predicted octanol–water partition coefficient (Wildman–Crippen LogP) is 10.6. The fourth-order valence-corrected chi connectivity index (χ4v) is 5.79. The summed E-state index contributed by atoms with van der Waals surface area (Å²) in [5, 5.41) is 0. The van der Waals surface area contributed by atoms with Gasteiger partial charge >= 0.3 is 0 Å². The lowest BCUT2D eigenvalue weighted by Crippen LogP contribution is -2.10. The third kappa shape index (κ3) is 6.86. The van der Waals surface area contributed by atoms with Gasteiger partial charge in [-0.1, -0.05) is 12.1 Å². The van der Waals surface area contributed by atoms with Gasteiger partial charge in [-0.3, -0.25) is 0 Å². The molecule has 0 N–H and O–H groups in total. The number of methoxy groups -OCH3 is 4. The van der Waals surface area contributed by atoms with Gasteiger partial charge in [0.25, 0.3) is 0 Å². The Kier molecular flexibility index (Phi) is 9.55. The molecule has 0 bridgehead atoms. The summed E-state index contributed by atoms with van der Waals surface area (Å²) >= 11 is 4.93. The summed E-state index contributed by atoms with van der Waals surface area (Å²) in [6.45, 7) is 0. The van der Waals surface area contributed by atoms with Crippen LogP contribution in [-0.2, 0) is 0 Å². The monoisotopic (exact) mass is 640 g/mol. The Bertz CT molecular complexity index is 1830. The average molecular weight is 641 g/mol. The predicted molar refractivity (Wildman–Crippen MR) is 195 cm³/mol. The Morgan fingerprint density at radius 1 is 0.383 bits per heavy atom. The Morgan fingerprint density at radius 2 is 0.723 bits per heavy atom. The molecule has 0 radical (unpaired) electrons. The van der Waals surface area contributed by atoms with E-state index in [9.17, 15) is 0 Å². The van der Waals surface area contributed by atoms with Gasteiger partial charge in [0.1, 0.15) is 23.0 Å². The third-order valence-corrected chi connectivity index (χ3v) is 8.37. The highest BCUT2D eigenvalue weighted by molar-refractivity contribution is 7.80. The van der Waals surface area contributed by atoms with Crippen LogP contribution < -0.4 is 28.7 Å². The van der Waals surface area contributed by atoms with Crippen LogP contribution in [0.25, 0.3) is 11.1 Å². The van der Waals surface area contributed by atoms with Crippen LogP contribution in [0, 0.1) is 0 Å². The fourth-order valence-electron chi connectivity index (χ4n) is 5.53. The van der Waals surface area contributed by atoms with Crippen LogP contribution in [0.15, 0.2) is 144 Å². The summed E-state index contributed by atoms with van der Waals surface area (Å²) in [5.74, 6) is 3.19. The minimum Gasteiger partial charge on any atom is -0.497 e. The molecule has 0 saturated heterocycles. The van der Waals surface area contributed by atoms with Crippen molar-refractivity contribution in [1.29, 1.82) is 0 Å². The lowest BCUT2D eigenvalue weighted by molar-refractivity contribution is 0.414. The lowest BCUT2D eigenvalue weighted by Gasteiger charge is -2.27. The van der Waals surface area contributed by atoms with Crippen LogP contribution in [0.1, 0.15) is 0 Å². The van der Waals surface area contributed by atoms with E-state index in [1.165, 1.54) is 0 Å². The minimum absolute atomic E-state index is 0.796. The molecule has 47 heavy (non-hydrogen) atoms. The molecule has 0 aliphatic carbocycles. The van der Waals surface area contributed by atoms with Gasteiger partial charge in [0, 0.05) is 39.0 Å². The summed E-state index contributed by atoms with van der Waals surface area (Å²) in [6, 6.07) is 47.0. The van der Waals surface area contributed by atoms with E-state index in [4.69, 9.17) is 31.6 Å². The van der Waals surface area contributed by atoms with E-state index in [1.807, 2.05) is 54.6 Å². The van der Waals surface area contributed by atoms with Crippen LogP contribution >= 0.6 is 12.6 Å². The van der Waals surface area contributed by atoms with Crippen molar-refractivity contribution in [2.45, 2.75) is 4.90 Å². The van der Waals surface area contributed by atoms with Gasteiger partial charge in [0.2, 0.25) is 0 Å². The number of thiol groups is 1. The normalized spacial score (nSPS) is 10.7. The zero-order chi connectivity index (χ0) is 32.8. The molecule has 0 amide bonds. The van der Waals surface area contributed by atoms with Crippen molar-refractivity contribution in [3.63, 3.8) is 0 Å². The zero-order valence-corrected chi connectivity index (χ0v) is 27.6. The second-order valence-corrected chi connectivity index (χ2v) is 11.2. The van der Waals surface area contributed by atoms with E-state index in [-0.39, 0.29) is 0 Å². The van der Waals surface area contributed by atoms with E-state index in [2.05, 4.69) is 94.7 Å². The molecule has 6 aromatic rings. The largest absolute Gasteiger partial charge is 0.497 e. The molecule has 6 aromatic carbocycles. The molecule has 0 aromatic heterocycles. The number of rotatable bonds is 11. The first-order chi connectivity index (χ1) is 23.0. The summed E-state index contributed by atoms with van der Waals surface area (Å²) in [6.07, 6.45) is 0. The molecule has 0 spiro atoms. The third-order valence-electron chi connectivity index (χ3n) is 7.98. The maximum Gasteiger partial charge on any atom is 0.119 e. The smallest absolute Gasteiger partial charge is 0.119 e. The molecule has 6 nitrogen and oxygen atoms in total. The Hall–Kier alpha value is -5.53. The molecule has 7 heteroatoms. The van der Waals surface area contributed by atoms with Gasteiger partial charge < -0.3 is 28.7 Å². The Balaban J connectivity index is 1.45. The zero-order valence-electron chi connectivity index (χ0n) is 26.8. The number of hydrogen-bond acceptors (Lipinski definition) is 7. The standard InChI is InChI=1S/C40H36N2O4S/c1-43-35-17-8-29(9-18-35)41(30-10-19-36(44-2)20-11-30)33-7-5-6-28(26-33)39-27-34(16-25-40(39)47)42(31-12-21-37(45-3)22-13-31)32-14-23-38(46-4)24-15-32/h5-27,47H,1-4H3. The fraction of sp³-hybridized carbons (Fsp3) is 0.100. The van der Waals surface area contributed by atoms with Gasteiger partial charge in [-0.2, -0.15) is 0 Å². The molecule has 0 aliphatic rings. The quantitative estimate of drug-likeness (QED) is 0.142. The van der Waals surface area contributed by atoms with Crippen LogP contribution in [0.4, 0.5) is 34.1 Å². The molecular weight excluding hydrogens is 605 g/mol. The topological polar surface area (TPSA) is 43.4 Å². The molecular formula is C40H36N2O4S. The summed E-state index contributed by atoms with van der Waals surface area (Å²) < 4.78 is 21.8. The lowest BCUT2D eigenvalue weighted by atomic mass is 10.0. The Morgan fingerprint density at radius 3 is 1.09 bits per heavy atom. The maximum absolute atomic E-state index is 5.44. The van der Waals surface area contributed by atoms with Crippen LogP contribution in [0.5, 0.6) is 23.0 Å². The van der Waals surface area contributed by atoms with E-state index in [1.54, 1.807) is 28.4 Å². The number of benzene rings is 6. The van der Waals surface area contributed by atoms with Crippen LogP contribution in [0.3, 0.4) is 0 Å². The molecule has 0 saturated carbocycles. The maximum atomic E-state index is 5.44. The van der Waals surface area contributed by atoms with Crippen molar-refractivity contribution >= 4 is 46.8 Å². The first kappa shape index (κ1) is 31.5. The molecule has 0 atom stereocenters. The first-order valence-electron chi connectivity index (χ1n) is 15.1. The van der Waals surface area contributed by atoms with Crippen molar-refractivity contribution in [2.75, 3.05) is 38.2 Å². The van der Waals surface area contributed by atoms with Gasteiger partial charge in [0.05, 0.1) is 28.4 Å². The van der Waals surface area contributed by atoms with E-state index in [0.717, 1.165) is 73.1 Å². The number of anilines is 6. The summed E-state index contributed by atoms with van der Waals surface area (Å²) in [4.78, 5) is 5.29. The van der Waals surface area contributed by atoms with Crippen molar-refractivity contribution in [2.24, 2.45) is 0 Å². The molecule has 0 heterocycles. The highest BCUT2D eigenvalue weighted by Gasteiger charge is 2.18. The number of hydrogen-bond donors (Lipinski definition) is 1. The van der Waals surface area contributed by atoms with Crippen molar-refractivity contribution in [3.8, 4) is 34.1 Å². The second kappa shape index (κ2) is 14.3. The van der Waals surface area contributed by atoms with Crippen LogP contribution in [0.2, 0.25) is 0 Å². The first-order valence-corrected chi connectivity index (χ1v) is 15.6. The highest BCUT2D eigenvalue weighted by atomic mass is 32.1. The Labute approximate surface area is 281 Å². The molecule has 0 fully saturated rings.